The highest BCUT2D eigenvalue weighted by molar-refractivity contribution is 7.99. The van der Waals surface area contributed by atoms with Gasteiger partial charge in [-0.2, -0.15) is 11.8 Å². The van der Waals surface area contributed by atoms with E-state index < -0.39 is 5.97 Å². The van der Waals surface area contributed by atoms with Crippen molar-refractivity contribution in [1.29, 1.82) is 0 Å². The Bertz CT molecular complexity index is 369. The molecule has 0 saturated heterocycles. The van der Waals surface area contributed by atoms with Gasteiger partial charge in [0.1, 0.15) is 5.82 Å². The zero-order valence-corrected chi connectivity index (χ0v) is 9.67. The third-order valence-electron chi connectivity index (χ3n) is 1.76. The normalized spacial score (nSPS) is 9.75. The third-order valence-corrected chi connectivity index (χ3v) is 2.72. The van der Waals surface area contributed by atoms with Gasteiger partial charge in [-0.15, -0.1) is 6.58 Å². The molecule has 1 rings (SSSR count). The molecule has 0 fully saturated rings. The first-order chi connectivity index (χ1) is 7.74. The smallest absolute Gasteiger partial charge is 0.354 e. The lowest BCUT2D eigenvalue weighted by molar-refractivity contribution is 0.0690. The molecular formula is C11H14N2O2S. The molecule has 0 spiro atoms. The number of nitrogens with one attached hydrogen (secondary N) is 1. The molecule has 16 heavy (non-hydrogen) atoms. The van der Waals surface area contributed by atoms with Gasteiger partial charge in [0, 0.05) is 18.1 Å². The molecule has 5 heteroatoms. The summed E-state index contributed by atoms with van der Waals surface area (Å²) in [4.78, 5) is 14.6. The first-order valence-electron chi connectivity index (χ1n) is 4.87. The Balaban J connectivity index is 2.39. The van der Waals surface area contributed by atoms with Crippen LogP contribution < -0.4 is 5.32 Å². The highest BCUT2D eigenvalue weighted by Crippen LogP contribution is 2.05. The van der Waals surface area contributed by atoms with Gasteiger partial charge in [-0.05, 0) is 12.1 Å². The second-order valence-corrected chi connectivity index (χ2v) is 4.15. The zero-order valence-electron chi connectivity index (χ0n) is 8.85. The number of carbonyl (C=O) groups is 1. The van der Waals surface area contributed by atoms with Gasteiger partial charge in [0.25, 0.3) is 0 Å². The van der Waals surface area contributed by atoms with Gasteiger partial charge in [0.15, 0.2) is 5.69 Å². The van der Waals surface area contributed by atoms with Crippen LogP contribution in [0.4, 0.5) is 5.82 Å². The maximum atomic E-state index is 10.7. The quantitative estimate of drug-likeness (QED) is 0.562. The molecule has 0 amide bonds. The highest BCUT2D eigenvalue weighted by Gasteiger charge is 2.04. The van der Waals surface area contributed by atoms with E-state index >= 15 is 0 Å². The molecule has 0 aliphatic heterocycles. The molecule has 0 aliphatic rings. The maximum Gasteiger partial charge on any atom is 0.354 e. The number of hydrogen-bond donors (Lipinski definition) is 2. The Hall–Kier alpha value is -1.49. The number of pyridine rings is 1. The number of carboxylic acids is 1. The molecule has 0 aliphatic carbocycles. The van der Waals surface area contributed by atoms with Crippen molar-refractivity contribution in [2.75, 3.05) is 23.4 Å². The molecule has 1 aromatic heterocycles. The number of aromatic carboxylic acids is 1. The number of rotatable bonds is 7. The minimum atomic E-state index is -1.01. The van der Waals surface area contributed by atoms with Crippen molar-refractivity contribution in [1.82, 2.24) is 4.98 Å². The second kappa shape index (κ2) is 6.90. The van der Waals surface area contributed by atoms with Crippen molar-refractivity contribution >= 4 is 23.5 Å². The Morgan fingerprint density at radius 1 is 1.62 bits per heavy atom. The number of anilines is 1. The summed E-state index contributed by atoms with van der Waals surface area (Å²) in [5, 5.41) is 11.8. The van der Waals surface area contributed by atoms with Crippen LogP contribution >= 0.6 is 11.8 Å². The van der Waals surface area contributed by atoms with Crippen molar-refractivity contribution in [3.8, 4) is 0 Å². The average Bonchev–Trinajstić information content (AvgIpc) is 2.29. The minimum Gasteiger partial charge on any atom is -0.477 e. The zero-order chi connectivity index (χ0) is 11.8. The summed E-state index contributed by atoms with van der Waals surface area (Å²) in [6, 6.07) is 4.90. The van der Waals surface area contributed by atoms with Gasteiger partial charge < -0.3 is 10.4 Å². The highest BCUT2D eigenvalue weighted by atomic mass is 32.2. The fourth-order valence-electron chi connectivity index (χ4n) is 1.07. The van der Waals surface area contributed by atoms with Gasteiger partial charge in [0.05, 0.1) is 0 Å². The predicted molar refractivity (Wildman–Crippen MR) is 67.2 cm³/mol. The Morgan fingerprint density at radius 3 is 3.12 bits per heavy atom. The van der Waals surface area contributed by atoms with Crippen LogP contribution in [0.3, 0.4) is 0 Å². The molecule has 1 heterocycles. The summed E-state index contributed by atoms with van der Waals surface area (Å²) >= 11 is 1.76. The summed E-state index contributed by atoms with van der Waals surface area (Å²) in [5.41, 5.74) is 0.0590. The monoisotopic (exact) mass is 238 g/mol. The van der Waals surface area contributed by atoms with Crippen molar-refractivity contribution in [2.24, 2.45) is 0 Å². The van der Waals surface area contributed by atoms with Gasteiger partial charge >= 0.3 is 5.97 Å². The van der Waals surface area contributed by atoms with Crippen molar-refractivity contribution < 1.29 is 9.90 Å². The van der Waals surface area contributed by atoms with Crippen LogP contribution in [0.2, 0.25) is 0 Å². The van der Waals surface area contributed by atoms with Crippen LogP contribution in [-0.2, 0) is 0 Å². The lowest BCUT2D eigenvalue weighted by Crippen LogP contribution is -2.08. The summed E-state index contributed by atoms with van der Waals surface area (Å²) < 4.78 is 0. The Labute approximate surface area is 98.8 Å². The van der Waals surface area contributed by atoms with Crippen molar-refractivity contribution in [2.45, 2.75) is 0 Å². The van der Waals surface area contributed by atoms with Crippen LogP contribution in [0.5, 0.6) is 0 Å². The second-order valence-electron chi connectivity index (χ2n) is 3.00. The number of aromatic nitrogens is 1. The van der Waals surface area contributed by atoms with Crippen molar-refractivity contribution in [3.05, 3.63) is 36.5 Å². The molecule has 2 N–H and O–H groups in total. The van der Waals surface area contributed by atoms with Crippen LogP contribution in [0, 0.1) is 0 Å². The van der Waals surface area contributed by atoms with E-state index in [1.165, 1.54) is 6.07 Å². The van der Waals surface area contributed by atoms with E-state index in [9.17, 15) is 4.79 Å². The lowest BCUT2D eigenvalue weighted by atomic mass is 10.3. The largest absolute Gasteiger partial charge is 0.477 e. The van der Waals surface area contributed by atoms with Crippen LogP contribution in [0.1, 0.15) is 10.5 Å². The number of nitrogens with zero attached hydrogens (tertiary/aromatic N) is 1. The van der Waals surface area contributed by atoms with Gasteiger partial charge in [-0.3, -0.25) is 0 Å². The van der Waals surface area contributed by atoms with E-state index in [2.05, 4.69) is 16.9 Å². The fraction of sp³-hybridized carbons (Fsp3) is 0.273. The van der Waals surface area contributed by atoms with Crippen LogP contribution in [0.15, 0.2) is 30.9 Å². The fourth-order valence-corrected chi connectivity index (χ4v) is 1.65. The first kappa shape index (κ1) is 12.6. The standard InChI is InChI=1S/C11H14N2O2S/c1-2-7-16-8-6-12-10-5-3-4-9(13-10)11(14)15/h2-5H,1,6-8H2,(H,12,13)(H,14,15). The van der Waals surface area contributed by atoms with Gasteiger partial charge in [-0.25, -0.2) is 9.78 Å². The molecule has 4 nitrogen and oxygen atoms in total. The third kappa shape index (κ3) is 4.35. The van der Waals surface area contributed by atoms with E-state index in [0.29, 0.717) is 5.82 Å². The van der Waals surface area contributed by atoms with Gasteiger partial charge in [-0.1, -0.05) is 12.1 Å². The van der Waals surface area contributed by atoms with E-state index in [1.807, 2.05) is 6.08 Å². The average molecular weight is 238 g/mol. The molecular weight excluding hydrogens is 224 g/mol. The van der Waals surface area contributed by atoms with Crippen LogP contribution in [-0.4, -0.2) is 34.1 Å². The van der Waals surface area contributed by atoms with Gasteiger partial charge in [0.2, 0.25) is 0 Å². The predicted octanol–water partition coefficient (Wildman–Crippen LogP) is 2.11. The Morgan fingerprint density at radius 2 is 2.44 bits per heavy atom. The number of hydrogen-bond acceptors (Lipinski definition) is 4. The number of carboxylic acid groups (broad SMARTS) is 1. The summed E-state index contributed by atoms with van der Waals surface area (Å²) in [6.45, 7) is 4.39. The summed E-state index contributed by atoms with van der Waals surface area (Å²) in [5.74, 6) is 1.44. The van der Waals surface area contributed by atoms with Crippen molar-refractivity contribution in [3.63, 3.8) is 0 Å². The van der Waals surface area contributed by atoms with E-state index in [0.717, 1.165) is 18.1 Å². The molecule has 1 aromatic rings. The van der Waals surface area contributed by atoms with Crippen LogP contribution in [0.25, 0.3) is 0 Å². The molecule has 0 bridgehead atoms. The molecule has 0 radical (unpaired) electrons. The number of thioether (sulfide) groups is 1. The molecule has 0 aromatic carbocycles. The summed E-state index contributed by atoms with van der Waals surface area (Å²) in [7, 11) is 0. The first-order valence-corrected chi connectivity index (χ1v) is 6.02. The molecule has 0 unspecified atom stereocenters. The maximum absolute atomic E-state index is 10.7. The minimum absolute atomic E-state index is 0.0590. The van der Waals surface area contributed by atoms with E-state index in [4.69, 9.17) is 5.11 Å². The Kier molecular flexibility index (Phi) is 5.42. The lowest BCUT2D eigenvalue weighted by Gasteiger charge is -2.05. The topological polar surface area (TPSA) is 62.2 Å². The van der Waals surface area contributed by atoms with E-state index in [-0.39, 0.29) is 5.69 Å². The summed E-state index contributed by atoms with van der Waals surface area (Å²) in [6.07, 6.45) is 1.86. The molecule has 86 valence electrons. The molecule has 0 saturated carbocycles. The SMILES string of the molecule is C=CCSCCNc1cccc(C(=O)O)n1. The molecule has 0 atom stereocenters. The van der Waals surface area contributed by atoms with E-state index in [1.54, 1.807) is 23.9 Å².